The van der Waals surface area contributed by atoms with E-state index in [0.717, 1.165) is 13.0 Å². The van der Waals surface area contributed by atoms with Crippen molar-refractivity contribution >= 4 is 5.91 Å². The first-order chi connectivity index (χ1) is 12.4. The molecule has 0 unspecified atom stereocenters. The fourth-order valence-corrected chi connectivity index (χ4v) is 2.99. The van der Waals surface area contributed by atoms with E-state index in [0.29, 0.717) is 5.56 Å². The highest BCUT2D eigenvalue weighted by Gasteiger charge is 2.36. The predicted octanol–water partition coefficient (Wildman–Crippen LogP) is 2.16. The van der Waals surface area contributed by atoms with Crippen molar-refractivity contribution in [1.29, 1.82) is 0 Å². The van der Waals surface area contributed by atoms with Crippen LogP contribution in [0.2, 0.25) is 0 Å². The Balaban J connectivity index is 1.63. The Morgan fingerprint density at radius 1 is 1.35 bits per heavy atom. The minimum atomic E-state index is -2.68. The van der Waals surface area contributed by atoms with Crippen LogP contribution in [-0.4, -0.2) is 42.6 Å². The highest BCUT2D eigenvalue weighted by atomic mass is 19.3. The molecule has 2 fully saturated rings. The molecule has 0 spiro atoms. The van der Waals surface area contributed by atoms with Crippen molar-refractivity contribution in [2.75, 3.05) is 13.7 Å². The van der Waals surface area contributed by atoms with Crippen molar-refractivity contribution in [3.8, 4) is 11.8 Å². The zero-order valence-electron chi connectivity index (χ0n) is 14.5. The first kappa shape index (κ1) is 18.8. The number of nitrogens with zero attached hydrogens (tertiary/aromatic N) is 1. The second kappa shape index (κ2) is 7.69. The number of hydrogen-bond donors (Lipinski definition) is 2. The summed E-state index contributed by atoms with van der Waals surface area (Å²) >= 11 is 0. The Kier molecular flexibility index (Phi) is 5.55. The van der Waals surface area contributed by atoms with Gasteiger partial charge in [0.1, 0.15) is 6.10 Å². The Bertz CT molecular complexity index is 658. The molecule has 2 heterocycles. The minimum Gasteiger partial charge on any atom is -0.481 e. The second-order valence-corrected chi connectivity index (χ2v) is 6.63. The average molecular weight is 373 g/mol. The molecular weight excluding hydrogens is 351 g/mol. The van der Waals surface area contributed by atoms with Crippen LogP contribution in [0, 0.1) is 5.82 Å². The zero-order valence-corrected chi connectivity index (χ0v) is 14.5. The molecule has 1 saturated heterocycles. The number of nitrogens with one attached hydrogen (secondary N) is 2. The lowest BCUT2D eigenvalue weighted by molar-refractivity contribution is -0.124. The van der Waals surface area contributed by atoms with Crippen LogP contribution in [0.3, 0.4) is 0 Å². The van der Waals surface area contributed by atoms with Gasteiger partial charge in [-0.1, -0.05) is 0 Å². The summed E-state index contributed by atoms with van der Waals surface area (Å²) in [6, 6.07) is 0.971. The number of carbonyl (C=O) groups is 1. The van der Waals surface area contributed by atoms with Gasteiger partial charge in [-0.05, 0) is 31.9 Å². The van der Waals surface area contributed by atoms with E-state index < -0.39 is 17.8 Å². The van der Waals surface area contributed by atoms with Crippen LogP contribution in [0.25, 0.3) is 0 Å². The van der Waals surface area contributed by atoms with E-state index in [-0.39, 0.29) is 55.9 Å². The molecule has 0 aromatic carbocycles. The van der Waals surface area contributed by atoms with E-state index >= 15 is 0 Å². The summed E-state index contributed by atoms with van der Waals surface area (Å²) in [5, 5.41) is 5.68. The van der Waals surface area contributed by atoms with Gasteiger partial charge in [-0.25, -0.2) is 13.2 Å². The standard InChI is InChI=1S/C17H22F3N3O3/c1-25-15-10(9-22-14(24)13-4-7-21-13)8-12(18)16(23-15)26-11-2-5-17(19,20)6-3-11/h8,11,13,21H,2-7,9H2,1H3,(H,22,24)/t13-/m0/s1. The van der Waals surface area contributed by atoms with E-state index in [1.54, 1.807) is 0 Å². The summed E-state index contributed by atoms with van der Waals surface area (Å²) in [6.45, 7) is 0.872. The molecule has 0 bridgehead atoms. The number of rotatable bonds is 6. The maximum Gasteiger partial charge on any atom is 0.254 e. The number of pyridine rings is 1. The van der Waals surface area contributed by atoms with Gasteiger partial charge in [-0.15, -0.1) is 0 Å². The Labute approximate surface area is 149 Å². The minimum absolute atomic E-state index is 0.0695. The number of alkyl halides is 2. The van der Waals surface area contributed by atoms with Crippen molar-refractivity contribution in [3.05, 3.63) is 17.4 Å². The number of amides is 1. The highest BCUT2D eigenvalue weighted by Crippen LogP contribution is 2.35. The molecule has 2 aliphatic rings. The van der Waals surface area contributed by atoms with Gasteiger partial charge >= 0.3 is 0 Å². The fraction of sp³-hybridized carbons (Fsp3) is 0.647. The third-order valence-corrected chi connectivity index (χ3v) is 4.71. The monoisotopic (exact) mass is 373 g/mol. The summed E-state index contributed by atoms with van der Waals surface area (Å²) in [4.78, 5) is 15.9. The number of methoxy groups -OCH3 is 1. The van der Waals surface area contributed by atoms with Gasteiger partial charge in [0.15, 0.2) is 5.82 Å². The maximum absolute atomic E-state index is 14.3. The van der Waals surface area contributed by atoms with Crippen molar-refractivity contribution in [2.24, 2.45) is 0 Å². The zero-order chi connectivity index (χ0) is 18.7. The van der Waals surface area contributed by atoms with Gasteiger partial charge in [-0.3, -0.25) is 4.79 Å². The Hall–Kier alpha value is -2.03. The Morgan fingerprint density at radius 3 is 2.62 bits per heavy atom. The van der Waals surface area contributed by atoms with Crippen LogP contribution in [0.4, 0.5) is 13.2 Å². The van der Waals surface area contributed by atoms with Gasteiger partial charge in [0, 0.05) is 24.9 Å². The first-order valence-corrected chi connectivity index (χ1v) is 8.67. The number of halogens is 3. The molecule has 9 heteroatoms. The predicted molar refractivity (Wildman–Crippen MR) is 86.8 cm³/mol. The van der Waals surface area contributed by atoms with E-state index in [1.807, 2.05) is 0 Å². The number of ether oxygens (including phenoxy) is 2. The summed E-state index contributed by atoms with van der Waals surface area (Å²) in [5.74, 6) is -3.70. The first-order valence-electron chi connectivity index (χ1n) is 8.67. The molecule has 1 aromatic heterocycles. The van der Waals surface area contributed by atoms with Crippen molar-refractivity contribution in [2.45, 2.75) is 56.7 Å². The largest absolute Gasteiger partial charge is 0.481 e. The van der Waals surface area contributed by atoms with Crippen LogP contribution in [0.15, 0.2) is 6.07 Å². The number of carbonyl (C=O) groups excluding carboxylic acids is 1. The molecule has 144 valence electrons. The van der Waals surface area contributed by atoms with Gasteiger partial charge in [-0.2, -0.15) is 4.98 Å². The van der Waals surface area contributed by atoms with Crippen LogP contribution in [-0.2, 0) is 11.3 Å². The van der Waals surface area contributed by atoms with E-state index in [4.69, 9.17) is 9.47 Å². The topological polar surface area (TPSA) is 72.5 Å². The van der Waals surface area contributed by atoms with Crippen molar-refractivity contribution in [1.82, 2.24) is 15.6 Å². The van der Waals surface area contributed by atoms with Crippen molar-refractivity contribution < 1.29 is 27.4 Å². The average Bonchev–Trinajstić information content (AvgIpc) is 2.55. The van der Waals surface area contributed by atoms with Crippen LogP contribution < -0.4 is 20.1 Å². The van der Waals surface area contributed by atoms with E-state index in [9.17, 15) is 18.0 Å². The molecule has 0 radical (unpaired) electrons. The van der Waals surface area contributed by atoms with Gasteiger partial charge in [0.25, 0.3) is 5.88 Å². The molecule has 1 aromatic rings. The second-order valence-electron chi connectivity index (χ2n) is 6.63. The molecule has 2 N–H and O–H groups in total. The molecule has 1 saturated carbocycles. The lowest BCUT2D eigenvalue weighted by Crippen LogP contribution is -2.52. The molecule has 6 nitrogen and oxygen atoms in total. The molecular formula is C17H22F3N3O3. The fourth-order valence-electron chi connectivity index (χ4n) is 2.99. The normalized spacial score (nSPS) is 22.4. The summed E-state index contributed by atoms with van der Waals surface area (Å²) in [5.41, 5.74) is 0.375. The SMILES string of the molecule is COc1nc(OC2CCC(F)(F)CC2)c(F)cc1CNC(=O)[C@@H]1CCN1. The third kappa shape index (κ3) is 4.38. The van der Waals surface area contributed by atoms with Crippen LogP contribution in [0.5, 0.6) is 11.8 Å². The molecule has 1 atom stereocenters. The van der Waals surface area contributed by atoms with Crippen LogP contribution in [0.1, 0.15) is 37.7 Å². The molecule has 1 aliphatic heterocycles. The van der Waals surface area contributed by atoms with Crippen molar-refractivity contribution in [3.63, 3.8) is 0 Å². The van der Waals surface area contributed by atoms with E-state index in [1.165, 1.54) is 13.2 Å². The molecule has 3 rings (SSSR count). The van der Waals surface area contributed by atoms with E-state index in [2.05, 4.69) is 15.6 Å². The van der Waals surface area contributed by atoms with Crippen LogP contribution >= 0.6 is 0 Å². The quantitative estimate of drug-likeness (QED) is 0.800. The molecule has 1 aliphatic carbocycles. The summed E-state index contributed by atoms with van der Waals surface area (Å²) in [6.07, 6.45) is -0.0175. The van der Waals surface area contributed by atoms with Gasteiger partial charge in [0.05, 0.1) is 13.2 Å². The Morgan fingerprint density at radius 2 is 2.04 bits per heavy atom. The molecule has 26 heavy (non-hydrogen) atoms. The third-order valence-electron chi connectivity index (χ3n) is 4.71. The summed E-state index contributed by atoms with van der Waals surface area (Å²) < 4.78 is 51.3. The number of aromatic nitrogens is 1. The lowest BCUT2D eigenvalue weighted by atomic mass is 9.94. The smallest absolute Gasteiger partial charge is 0.254 e. The maximum atomic E-state index is 14.3. The lowest BCUT2D eigenvalue weighted by Gasteiger charge is -2.28. The summed E-state index contributed by atoms with van der Waals surface area (Å²) in [7, 11) is 1.38. The highest BCUT2D eigenvalue weighted by molar-refractivity contribution is 5.82. The van der Waals surface area contributed by atoms with Gasteiger partial charge in [0.2, 0.25) is 17.7 Å². The molecule has 1 amide bonds. The van der Waals surface area contributed by atoms with Gasteiger partial charge < -0.3 is 20.1 Å². The number of hydrogen-bond acceptors (Lipinski definition) is 5.